The zero-order chi connectivity index (χ0) is 35.9. The fourth-order valence-corrected chi connectivity index (χ4v) is 6.75. The topological polar surface area (TPSA) is 95.9 Å². The summed E-state index contributed by atoms with van der Waals surface area (Å²) in [4.78, 5) is 24.3. The highest BCUT2D eigenvalue weighted by Gasteiger charge is 2.20. The third-order valence-electron chi connectivity index (χ3n) is 10.2. The Labute approximate surface area is 305 Å². The monoisotopic (exact) mass is 696 g/mol. The maximum atomic E-state index is 12.3. The zero-order valence-electron chi connectivity index (χ0n) is 32.9. The second-order valence-corrected chi connectivity index (χ2v) is 15.0. The third-order valence-corrected chi connectivity index (χ3v) is 10.2. The molecule has 3 N–H and O–H groups in total. The lowest BCUT2D eigenvalue weighted by Crippen LogP contribution is -2.45. The van der Waals surface area contributed by atoms with Gasteiger partial charge in [-0.25, -0.2) is 0 Å². The van der Waals surface area contributed by atoms with E-state index in [0.29, 0.717) is 25.9 Å². The van der Waals surface area contributed by atoms with Crippen LogP contribution in [0.1, 0.15) is 239 Å². The fraction of sp³-hybridized carbons (Fsp3) is 0.953. The minimum absolute atomic E-state index is 0.0234. The first-order chi connectivity index (χ1) is 24.0. The summed E-state index contributed by atoms with van der Waals surface area (Å²) in [5.41, 5.74) is 0. The van der Waals surface area contributed by atoms with E-state index in [9.17, 15) is 19.8 Å². The van der Waals surface area contributed by atoms with E-state index in [4.69, 9.17) is 4.74 Å². The molecule has 0 heterocycles. The van der Waals surface area contributed by atoms with E-state index in [2.05, 4.69) is 19.2 Å². The van der Waals surface area contributed by atoms with Crippen molar-refractivity contribution < 1.29 is 24.5 Å². The van der Waals surface area contributed by atoms with Crippen molar-refractivity contribution in [2.75, 3.05) is 13.2 Å². The third kappa shape index (κ3) is 36.5. The Hall–Kier alpha value is -1.14. The summed E-state index contributed by atoms with van der Waals surface area (Å²) in [6.07, 6.45) is 40.5. The van der Waals surface area contributed by atoms with E-state index in [1.54, 1.807) is 0 Å². The first kappa shape index (κ1) is 47.9. The predicted octanol–water partition coefficient (Wildman–Crippen LogP) is 12.1. The van der Waals surface area contributed by atoms with Gasteiger partial charge < -0.3 is 20.3 Å². The van der Waals surface area contributed by atoms with E-state index in [-0.39, 0.29) is 18.5 Å². The van der Waals surface area contributed by atoms with E-state index in [1.165, 1.54) is 148 Å². The van der Waals surface area contributed by atoms with Gasteiger partial charge in [-0.2, -0.15) is 0 Å². The smallest absolute Gasteiger partial charge is 0.305 e. The lowest BCUT2D eigenvalue weighted by atomic mass is 10.0. The molecule has 0 saturated heterocycles. The van der Waals surface area contributed by atoms with E-state index in [1.807, 2.05) is 0 Å². The minimum Gasteiger partial charge on any atom is -0.466 e. The van der Waals surface area contributed by atoms with Gasteiger partial charge >= 0.3 is 5.97 Å². The largest absolute Gasteiger partial charge is 0.466 e. The standard InChI is InChI=1S/C43H85NO5/c1-3-5-7-9-11-13-14-15-16-17-21-25-29-33-37-43(48)49-38-34-30-26-22-18-20-24-28-32-36-42(47)44-40(39-45)41(46)35-31-27-23-19-12-10-8-6-4-2/h40-41,45-46H,3-39H2,1-2H3,(H,44,47). The van der Waals surface area contributed by atoms with E-state index >= 15 is 0 Å². The predicted molar refractivity (Wildman–Crippen MR) is 209 cm³/mol. The Morgan fingerprint density at radius 1 is 0.490 bits per heavy atom. The van der Waals surface area contributed by atoms with Crippen LogP contribution in [0.3, 0.4) is 0 Å². The summed E-state index contributed by atoms with van der Waals surface area (Å²) in [6.45, 7) is 4.86. The molecule has 0 rings (SSSR count). The summed E-state index contributed by atoms with van der Waals surface area (Å²) in [7, 11) is 0. The highest BCUT2D eigenvalue weighted by Crippen LogP contribution is 2.15. The Morgan fingerprint density at radius 2 is 0.837 bits per heavy atom. The lowest BCUT2D eigenvalue weighted by Gasteiger charge is -2.22. The number of ether oxygens (including phenoxy) is 1. The number of aliphatic hydroxyl groups is 2. The van der Waals surface area contributed by atoms with Crippen molar-refractivity contribution in [2.24, 2.45) is 0 Å². The molecule has 6 heteroatoms. The molecule has 0 aromatic carbocycles. The maximum absolute atomic E-state index is 12.3. The van der Waals surface area contributed by atoms with Crippen LogP contribution in [0.4, 0.5) is 0 Å². The van der Waals surface area contributed by atoms with Gasteiger partial charge in [0.1, 0.15) is 0 Å². The number of carbonyl (C=O) groups is 2. The zero-order valence-corrected chi connectivity index (χ0v) is 32.9. The van der Waals surface area contributed by atoms with Crippen molar-refractivity contribution in [1.82, 2.24) is 5.32 Å². The number of hydrogen-bond acceptors (Lipinski definition) is 5. The van der Waals surface area contributed by atoms with Crippen LogP contribution >= 0.6 is 0 Å². The lowest BCUT2D eigenvalue weighted by molar-refractivity contribution is -0.143. The summed E-state index contributed by atoms with van der Waals surface area (Å²) in [5.74, 6) is -0.0878. The van der Waals surface area contributed by atoms with Crippen molar-refractivity contribution in [3.05, 3.63) is 0 Å². The van der Waals surface area contributed by atoms with Gasteiger partial charge in [0.2, 0.25) is 5.91 Å². The van der Waals surface area contributed by atoms with Gasteiger partial charge in [0, 0.05) is 12.8 Å². The molecule has 6 nitrogen and oxygen atoms in total. The second kappa shape index (κ2) is 39.6. The van der Waals surface area contributed by atoms with E-state index < -0.39 is 12.1 Å². The molecule has 292 valence electrons. The number of hydrogen-bond donors (Lipinski definition) is 3. The highest BCUT2D eigenvalue weighted by atomic mass is 16.5. The van der Waals surface area contributed by atoms with Crippen LogP contribution in [0.2, 0.25) is 0 Å². The molecule has 2 atom stereocenters. The quantitative estimate of drug-likeness (QED) is 0.0438. The molecule has 0 aromatic heterocycles. The number of unbranched alkanes of at least 4 members (excludes halogenated alkanes) is 29. The fourth-order valence-electron chi connectivity index (χ4n) is 6.75. The molecule has 0 aliphatic heterocycles. The maximum Gasteiger partial charge on any atom is 0.305 e. The van der Waals surface area contributed by atoms with Gasteiger partial charge in [-0.15, -0.1) is 0 Å². The molecule has 49 heavy (non-hydrogen) atoms. The number of nitrogens with one attached hydrogen (secondary N) is 1. The van der Waals surface area contributed by atoms with Crippen LogP contribution in [0.25, 0.3) is 0 Å². The van der Waals surface area contributed by atoms with Crippen LogP contribution in [-0.2, 0) is 14.3 Å². The van der Waals surface area contributed by atoms with Crippen molar-refractivity contribution in [2.45, 2.75) is 251 Å². The molecule has 0 fully saturated rings. The summed E-state index contributed by atoms with van der Waals surface area (Å²) >= 11 is 0. The average molecular weight is 696 g/mol. The number of esters is 1. The molecule has 2 unspecified atom stereocenters. The molecule has 0 spiro atoms. The molecule has 0 bridgehead atoms. The Balaban J connectivity index is 3.46. The molecule has 0 radical (unpaired) electrons. The summed E-state index contributed by atoms with van der Waals surface area (Å²) < 4.78 is 5.43. The van der Waals surface area contributed by atoms with Gasteiger partial charge in [0.05, 0.1) is 25.4 Å². The minimum atomic E-state index is -0.677. The van der Waals surface area contributed by atoms with Crippen LogP contribution < -0.4 is 5.32 Å². The van der Waals surface area contributed by atoms with Crippen LogP contribution in [-0.4, -0.2) is 47.4 Å². The van der Waals surface area contributed by atoms with Gasteiger partial charge in [-0.3, -0.25) is 9.59 Å². The normalized spacial score (nSPS) is 12.7. The Bertz CT molecular complexity index is 687. The molecule has 1 amide bonds. The Morgan fingerprint density at radius 3 is 1.24 bits per heavy atom. The van der Waals surface area contributed by atoms with Crippen LogP contribution in [0, 0.1) is 0 Å². The molecule has 0 aliphatic carbocycles. The number of carbonyl (C=O) groups excluding carboxylic acids is 2. The number of amides is 1. The number of aliphatic hydroxyl groups excluding tert-OH is 2. The second-order valence-electron chi connectivity index (χ2n) is 15.0. The first-order valence-corrected chi connectivity index (χ1v) is 21.8. The Kier molecular flexibility index (Phi) is 38.7. The molecular formula is C43H85NO5. The summed E-state index contributed by atoms with van der Waals surface area (Å²) in [6, 6.07) is -0.556. The van der Waals surface area contributed by atoms with E-state index in [0.717, 1.165) is 57.8 Å². The van der Waals surface area contributed by atoms with Crippen molar-refractivity contribution in [1.29, 1.82) is 0 Å². The van der Waals surface area contributed by atoms with Crippen molar-refractivity contribution in [3.63, 3.8) is 0 Å². The molecule has 0 aliphatic rings. The van der Waals surface area contributed by atoms with Gasteiger partial charge in [-0.1, -0.05) is 200 Å². The van der Waals surface area contributed by atoms with Crippen molar-refractivity contribution in [3.8, 4) is 0 Å². The van der Waals surface area contributed by atoms with Gasteiger partial charge in [0.25, 0.3) is 0 Å². The SMILES string of the molecule is CCCCCCCCCCCCCCCCC(=O)OCCCCCCCCCCCC(=O)NC(CO)C(O)CCCCCCCCCCC. The molecule has 0 aromatic rings. The summed E-state index contributed by atoms with van der Waals surface area (Å²) in [5, 5.41) is 23.0. The van der Waals surface area contributed by atoms with Crippen molar-refractivity contribution >= 4 is 11.9 Å². The molecular weight excluding hydrogens is 610 g/mol. The van der Waals surface area contributed by atoms with Gasteiger partial charge in [-0.05, 0) is 25.7 Å². The first-order valence-electron chi connectivity index (χ1n) is 21.8. The van der Waals surface area contributed by atoms with Crippen LogP contribution in [0.5, 0.6) is 0 Å². The average Bonchev–Trinajstić information content (AvgIpc) is 3.10. The molecule has 0 saturated carbocycles. The van der Waals surface area contributed by atoms with Crippen LogP contribution in [0.15, 0.2) is 0 Å². The highest BCUT2D eigenvalue weighted by molar-refractivity contribution is 5.76. The number of rotatable bonds is 40. The van der Waals surface area contributed by atoms with Gasteiger partial charge in [0.15, 0.2) is 0 Å².